The summed E-state index contributed by atoms with van der Waals surface area (Å²) >= 11 is 0. The first-order chi connectivity index (χ1) is 7.63. The van der Waals surface area contributed by atoms with Crippen LogP contribution in [0.25, 0.3) is 0 Å². The van der Waals surface area contributed by atoms with E-state index in [1.165, 1.54) is 0 Å². The van der Waals surface area contributed by atoms with Crippen LogP contribution >= 0.6 is 0 Å². The van der Waals surface area contributed by atoms with Gasteiger partial charge >= 0.3 is 5.97 Å². The molecule has 5 nitrogen and oxygen atoms in total. The molecule has 1 unspecified atom stereocenters. The Morgan fingerprint density at radius 2 is 2.19 bits per heavy atom. The van der Waals surface area contributed by atoms with Crippen molar-refractivity contribution in [2.75, 3.05) is 0 Å². The predicted octanol–water partition coefficient (Wildman–Crippen LogP) is 2.38. The second kappa shape index (κ2) is 6.25. The molecule has 1 N–H and O–H groups in total. The fourth-order valence-corrected chi connectivity index (χ4v) is 1.29. The Morgan fingerprint density at radius 3 is 2.81 bits per heavy atom. The highest BCUT2D eigenvalue weighted by molar-refractivity contribution is 5.66. The number of nitrogens with zero attached hydrogens (tertiary/aromatic N) is 2. The lowest BCUT2D eigenvalue weighted by atomic mass is 10.1. The number of hydrogen-bond acceptors (Lipinski definition) is 4. The van der Waals surface area contributed by atoms with E-state index >= 15 is 0 Å². The largest absolute Gasteiger partial charge is 0.481 e. The summed E-state index contributed by atoms with van der Waals surface area (Å²) in [7, 11) is 0. The van der Waals surface area contributed by atoms with E-state index in [-0.39, 0.29) is 6.42 Å². The van der Waals surface area contributed by atoms with Gasteiger partial charge in [0, 0.05) is 18.8 Å². The first kappa shape index (κ1) is 12.7. The summed E-state index contributed by atoms with van der Waals surface area (Å²) < 4.78 is 5.47. The average molecular weight is 226 g/mol. The molecule has 0 saturated heterocycles. The van der Waals surface area contributed by atoms with Gasteiger partial charge in [-0.15, -0.1) is 10.2 Å². The van der Waals surface area contributed by atoms with Crippen molar-refractivity contribution in [3.63, 3.8) is 0 Å². The Hall–Kier alpha value is -1.39. The lowest BCUT2D eigenvalue weighted by molar-refractivity contribution is -0.137. The molecule has 0 aliphatic heterocycles. The minimum absolute atomic E-state index is 0.201. The normalized spacial score (nSPS) is 12.6. The molecule has 0 fully saturated rings. The smallest absolute Gasteiger partial charge is 0.303 e. The van der Waals surface area contributed by atoms with Crippen LogP contribution in [0.4, 0.5) is 0 Å². The van der Waals surface area contributed by atoms with Crippen LogP contribution in [0.15, 0.2) is 4.42 Å². The number of carbonyl (C=O) groups is 1. The van der Waals surface area contributed by atoms with E-state index in [4.69, 9.17) is 9.52 Å². The second-order valence-corrected chi connectivity index (χ2v) is 3.94. The van der Waals surface area contributed by atoms with Gasteiger partial charge in [-0.2, -0.15) is 0 Å². The lowest BCUT2D eigenvalue weighted by Crippen LogP contribution is -1.95. The zero-order valence-corrected chi connectivity index (χ0v) is 9.77. The number of aryl methyl sites for hydroxylation is 1. The van der Waals surface area contributed by atoms with Gasteiger partial charge in [-0.25, -0.2) is 0 Å². The van der Waals surface area contributed by atoms with Gasteiger partial charge in [-0.05, 0) is 19.3 Å². The number of carboxylic acids is 1. The van der Waals surface area contributed by atoms with E-state index in [0.717, 1.165) is 12.8 Å². The van der Waals surface area contributed by atoms with Crippen molar-refractivity contribution in [3.05, 3.63) is 11.8 Å². The molecule has 0 saturated carbocycles. The average Bonchev–Trinajstić information content (AvgIpc) is 2.71. The molecule has 0 spiro atoms. The van der Waals surface area contributed by atoms with Crippen LogP contribution in [-0.2, 0) is 11.2 Å². The molecular weight excluding hydrogens is 208 g/mol. The highest BCUT2D eigenvalue weighted by atomic mass is 16.4. The van der Waals surface area contributed by atoms with Crippen molar-refractivity contribution in [1.29, 1.82) is 0 Å². The van der Waals surface area contributed by atoms with E-state index in [2.05, 4.69) is 17.1 Å². The fourth-order valence-electron chi connectivity index (χ4n) is 1.29. The molecule has 0 radical (unpaired) electrons. The topological polar surface area (TPSA) is 76.2 Å². The predicted molar refractivity (Wildman–Crippen MR) is 58.2 cm³/mol. The van der Waals surface area contributed by atoms with Crippen LogP contribution in [0.3, 0.4) is 0 Å². The molecule has 1 aromatic heterocycles. The standard InChI is InChI=1S/C11H18N2O3/c1-3-8(2)11-13-12-9(16-11)6-4-5-7-10(14)15/h8H,3-7H2,1-2H3,(H,14,15). The Morgan fingerprint density at radius 1 is 1.44 bits per heavy atom. The number of aliphatic carboxylic acids is 1. The van der Waals surface area contributed by atoms with Crippen LogP contribution in [0, 0.1) is 0 Å². The summed E-state index contributed by atoms with van der Waals surface area (Å²) in [6.07, 6.45) is 3.26. The zero-order chi connectivity index (χ0) is 12.0. The molecule has 1 heterocycles. The monoisotopic (exact) mass is 226 g/mol. The lowest BCUT2D eigenvalue weighted by Gasteiger charge is -1.99. The van der Waals surface area contributed by atoms with Crippen molar-refractivity contribution in [3.8, 4) is 0 Å². The molecule has 0 amide bonds. The van der Waals surface area contributed by atoms with Crippen LogP contribution in [-0.4, -0.2) is 21.3 Å². The maximum atomic E-state index is 10.3. The van der Waals surface area contributed by atoms with Gasteiger partial charge in [-0.1, -0.05) is 13.8 Å². The van der Waals surface area contributed by atoms with Gasteiger partial charge < -0.3 is 9.52 Å². The summed E-state index contributed by atoms with van der Waals surface area (Å²) in [5.74, 6) is 0.822. The van der Waals surface area contributed by atoms with E-state index in [1.807, 2.05) is 6.92 Å². The van der Waals surface area contributed by atoms with E-state index in [0.29, 0.717) is 30.5 Å². The highest BCUT2D eigenvalue weighted by Gasteiger charge is 2.11. The van der Waals surface area contributed by atoms with Crippen LogP contribution < -0.4 is 0 Å². The van der Waals surface area contributed by atoms with E-state index in [9.17, 15) is 4.79 Å². The van der Waals surface area contributed by atoms with Gasteiger partial charge in [-0.3, -0.25) is 4.79 Å². The number of carboxylic acid groups (broad SMARTS) is 1. The molecule has 1 atom stereocenters. The van der Waals surface area contributed by atoms with Gasteiger partial charge in [0.1, 0.15) is 0 Å². The van der Waals surface area contributed by atoms with Gasteiger partial charge in [0.2, 0.25) is 11.8 Å². The summed E-state index contributed by atoms with van der Waals surface area (Å²) in [6.45, 7) is 4.11. The van der Waals surface area contributed by atoms with Gasteiger partial charge in [0.05, 0.1) is 0 Å². The highest BCUT2D eigenvalue weighted by Crippen LogP contribution is 2.17. The van der Waals surface area contributed by atoms with Crippen molar-refractivity contribution < 1.29 is 14.3 Å². The molecular formula is C11H18N2O3. The first-order valence-electron chi connectivity index (χ1n) is 5.67. The Bertz CT molecular complexity index is 336. The van der Waals surface area contributed by atoms with Gasteiger partial charge in [0.15, 0.2) is 0 Å². The number of rotatable bonds is 7. The summed E-state index contributed by atoms with van der Waals surface area (Å²) in [6, 6.07) is 0. The van der Waals surface area contributed by atoms with Crippen molar-refractivity contribution in [1.82, 2.24) is 10.2 Å². The van der Waals surface area contributed by atoms with Crippen LogP contribution in [0.5, 0.6) is 0 Å². The molecule has 5 heteroatoms. The molecule has 0 aliphatic carbocycles. The van der Waals surface area contributed by atoms with E-state index < -0.39 is 5.97 Å². The van der Waals surface area contributed by atoms with Crippen molar-refractivity contribution in [2.24, 2.45) is 0 Å². The number of unbranched alkanes of at least 4 members (excludes halogenated alkanes) is 1. The number of aromatic nitrogens is 2. The van der Waals surface area contributed by atoms with Crippen LogP contribution in [0.2, 0.25) is 0 Å². The summed E-state index contributed by atoms with van der Waals surface area (Å²) in [5, 5.41) is 16.4. The maximum absolute atomic E-state index is 10.3. The van der Waals surface area contributed by atoms with E-state index in [1.54, 1.807) is 0 Å². The fraction of sp³-hybridized carbons (Fsp3) is 0.727. The third-order valence-electron chi connectivity index (χ3n) is 2.55. The SMILES string of the molecule is CCC(C)c1nnc(CCCCC(=O)O)o1. The second-order valence-electron chi connectivity index (χ2n) is 3.94. The van der Waals surface area contributed by atoms with Crippen molar-refractivity contribution in [2.45, 2.75) is 51.9 Å². The molecule has 0 aliphatic rings. The van der Waals surface area contributed by atoms with Crippen molar-refractivity contribution >= 4 is 5.97 Å². The third kappa shape index (κ3) is 4.00. The minimum atomic E-state index is -0.758. The third-order valence-corrected chi connectivity index (χ3v) is 2.55. The maximum Gasteiger partial charge on any atom is 0.303 e. The Kier molecular flexibility index (Phi) is 4.95. The summed E-state index contributed by atoms with van der Waals surface area (Å²) in [5.41, 5.74) is 0. The first-order valence-corrected chi connectivity index (χ1v) is 5.67. The zero-order valence-electron chi connectivity index (χ0n) is 9.77. The molecule has 0 aromatic carbocycles. The summed E-state index contributed by atoms with van der Waals surface area (Å²) in [4.78, 5) is 10.3. The molecule has 0 bridgehead atoms. The Balaban J connectivity index is 2.32. The number of hydrogen-bond donors (Lipinski definition) is 1. The minimum Gasteiger partial charge on any atom is -0.481 e. The molecule has 90 valence electrons. The van der Waals surface area contributed by atoms with Crippen LogP contribution in [0.1, 0.15) is 57.2 Å². The molecule has 16 heavy (non-hydrogen) atoms. The molecule has 1 rings (SSSR count). The quantitative estimate of drug-likeness (QED) is 0.722. The molecule has 1 aromatic rings. The van der Waals surface area contributed by atoms with Gasteiger partial charge in [0.25, 0.3) is 0 Å². The Labute approximate surface area is 94.9 Å².